The van der Waals surface area contributed by atoms with E-state index in [1.807, 2.05) is 24.3 Å². The number of carboxylic acid groups (broad SMARTS) is 1. The molecule has 0 saturated carbocycles. The van der Waals surface area contributed by atoms with Gasteiger partial charge in [-0.05, 0) is 24.3 Å². The number of methoxy groups -OCH3 is 1. The van der Waals surface area contributed by atoms with E-state index < -0.39 is 17.8 Å². The number of amides is 2. The Morgan fingerprint density at radius 2 is 1.79 bits per heavy atom. The van der Waals surface area contributed by atoms with Crippen LogP contribution in [0, 0.1) is 0 Å². The number of nitrogens with one attached hydrogen (secondary N) is 2. The Bertz CT molecular complexity index is 1180. The van der Waals surface area contributed by atoms with Gasteiger partial charge in [0.25, 0.3) is 11.8 Å². The summed E-state index contributed by atoms with van der Waals surface area (Å²) in [7, 11) is 3.21. The Morgan fingerprint density at radius 3 is 2.56 bits per heavy atom. The number of aryl methyl sites for hydroxylation is 1. The molecule has 3 aromatic rings. The smallest absolute Gasteiger partial charge is 0.329 e. The minimum absolute atomic E-state index is 0.140. The third kappa shape index (κ3) is 6.30. The molecule has 11 heteroatoms. The zero-order chi connectivity index (χ0) is 24.5. The van der Waals surface area contributed by atoms with E-state index in [9.17, 15) is 14.4 Å². The van der Waals surface area contributed by atoms with Gasteiger partial charge in [0.15, 0.2) is 5.69 Å². The van der Waals surface area contributed by atoms with E-state index in [1.165, 1.54) is 13.2 Å². The summed E-state index contributed by atoms with van der Waals surface area (Å²) < 4.78 is 17.1. The van der Waals surface area contributed by atoms with E-state index in [-0.39, 0.29) is 44.2 Å². The van der Waals surface area contributed by atoms with Gasteiger partial charge in [-0.2, -0.15) is 5.10 Å². The number of fused-ring (bicyclic) bond motifs is 1. The molecule has 180 valence electrons. The number of carbonyl (C=O) groups is 3. The topological polar surface area (TPSA) is 141 Å². The number of aromatic nitrogens is 2. The first-order valence-electron chi connectivity index (χ1n) is 10.5. The van der Waals surface area contributed by atoms with Crippen molar-refractivity contribution in [2.75, 3.05) is 45.4 Å². The summed E-state index contributed by atoms with van der Waals surface area (Å²) in [6, 6.07) is 12.2. The van der Waals surface area contributed by atoms with Crippen molar-refractivity contribution in [3.8, 4) is 5.75 Å². The number of rotatable bonds is 12. The van der Waals surface area contributed by atoms with Gasteiger partial charge in [0.1, 0.15) is 12.4 Å². The van der Waals surface area contributed by atoms with Gasteiger partial charge in [0.2, 0.25) is 0 Å². The van der Waals surface area contributed by atoms with Crippen LogP contribution in [0.3, 0.4) is 0 Å². The van der Waals surface area contributed by atoms with Crippen LogP contribution >= 0.6 is 0 Å². The highest BCUT2D eigenvalue weighted by Crippen LogP contribution is 2.24. The van der Waals surface area contributed by atoms with Crippen LogP contribution in [0.5, 0.6) is 5.75 Å². The number of carboxylic acids is 1. The number of benzene rings is 2. The van der Waals surface area contributed by atoms with Crippen LogP contribution in [0.25, 0.3) is 10.9 Å². The first-order chi connectivity index (χ1) is 16.4. The molecule has 11 nitrogen and oxygen atoms in total. The van der Waals surface area contributed by atoms with Crippen molar-refractivity contribution in [1.29, 1.82) is 0 Å². The number of nitrogens with zero attached hydrogens (tertiary/aromatic N) is 2. The first kappa shape index (κ1) is 24.7. The highest BCUT2D eigenvalue weighted by molar-refractivity contribution is 6.11. The average Bonchev–Trinajstić information content (AvgIpc) is 3.17. The van der Waals surface area contributed by atoms with Gasteiger partial charge in [0.05, 0.1) is 38.0 Å². The molecule has 0 aliphatic carbocycles. The van der Waals surface area contributed by atoms with Gasteiger partial charge >= 0.3 is 5.97 Å². The van der Waals surface area contributed by atoms with Crippen molar-refractivity contribution in [3.63, 3.8) is 0 Å². The Hall–Kier alpha value is -3.96. The largest absolute Gasteiger partial charge is 0.496 e. The van der Waals surface area contributed by atoms with Crippen LogP contribution in [0.4, 0.5) is 5.69 Å². The number of para-hydroxylation sites is 1. The molecule has 3 N–H and O–H groups in total. The van der Waals surface area contributed by atoms with Gasteiger partial charge in [-0.3, -0.25) is 14.3 Å². The Kier molecular flexibility index (Phi) is 8.54. The second-order valence-electron chi connectivity index (χ2n) is 7.17. The Morgan fingerprint density at radius 1 is 1.03 bits per heavy atom. The summed E-state index contributed by atoms with van der Waals surface area (Å²) in [5.41, 5.74) is 1.77. The van der Waals surface area contributed by atoms with E-state index in [2.05, 4.69) is 15.7 Å². The fourth-order valence-corrected chi connectivity index (χ4v) is 3.25. The lowest BCUT2D eigenvalue weighted by Crippen LogP contribution is -2.28. The lowest BCUT2D eigenvalue weighted by molar-refractivity contribution is -0.142. The maximum absolute atomic E-state index is 12.9. The van der Waals surface area contributed by atoms with Crippen molar-refractivity contribution < 1.29 is 33.7 Å². The normalized spacial score (nSPS) is 10.8. The molecule has 34 heavy (non-hydrogen) atoms. The maximum atomic E-state index is 12.9. The number of carbonyl (C=O) groups excluding carboxylic acids is 2. The molecule has 0 radical (unpaired) electrons. The monoisotopic (exact) mass is 470 g/mol. The number of aliphatic carboxylic acids is 1. The average molecular weight is 470 g/mol. The quantitative estimate of drug-likeness (QED) is 0.340. The lowest BCUT2D eigenvalue weighted by Gasteiger charge is -2.12. The molecule has 1 aromatic heterocycles. The molecule has 0 atom stereocenters. The van der Waals surface area contributed by atoms with Gasteiger partial charge < -0.3 is 30.0 Å². The van der Waals surface area contributed by atoms with Crippen LogP contribution in [0.1, 0.15) is 20.8 Å². The molecule has 0 bridgehead atoms. The highest BCUT2D eigenvalue weighted by Gasteiger charge is 2.18. The summed E-state index contributed by atoms with van der Waals surface area (Å²) in [5, 5.41) is 19.0. The van der Waals surface area contributed by atoms with Crippen molar-refractivity contribution >= 4 is 34.4 Å². The molecule has 2 aromatic carbocycles. The van der Waals surface area contributed by atoms with Crippen molar-refractivity contribution in [2.45, 2.75) is 0 Å². The van der Waals surface area contributed by atoms with Crippen molar-refractivity contribution in [2.24, 2.45) is 7.05 Å². The standard InChI is InChI=1S/C23H26N4O7/c1-27-18-6-4-3-5-16(18)21(26-27)23(31)25-15-7-8-19(32-2)17(13-15)22(30)24-9-10-33-11-12-34-14-20(28)29/h3-8,13H,9-12,14H2,1-2H3,(H,24,30)(H,25,31)(H,28,29). The first-order valence-corrected chi connectivity index (χ1v) is 10.5. The molecule has 0 aliphatic heterocycles. The van der Waals surface area contributed by atoms with Crippen LogP contribution in [0.15, 0.2) is 42.5 Å². The molecule has 1 heterocycles. The fraction of sp³-hybridized carbons (Fsp3) is 0.304. The SMILES string of the molecule is COc1ccc(NC(=O)c2nn(C)c3ccccc23)cc1C(=O)NCCOCCOCC(=O)O. The molecule has 0 unspecified atom stereocenters. The molecule has 3 rings (SSSR count). The molecule has 0 spiro atoms. The zero-order valence-corrected chi connectivity index (χ0v) is 18.9. The predicted molar refractivity (Wildman–Crippen MR) is 123 cm³/mol. The summed E-state index contributed by atoms with van der Waals surface area (Å²) in [6.45, 7) is 0.395. The van der Waals surface area contributed by atoms with E-state index in [4.69, 9.17) is 19.3 Å². The summed E-state index contributed by atoms with van der Waals surface area (Å²) in [5.74, 6) is -1.50. The molecule has 0 aliphatic rings. The Balaban J connectivity index is 1.59. The zero-order valence-electron chi connectivity index (χ0n) is 18.9. The molecule has 2 amide bonds. The van der Waals surface area contributed by atoms with Gasteiger partial charge in [-0.1, -0.05) is 18.2 Å². The van der Waals surface area contributed by atoms with Crippen molar-refractivity contribution in [1.82, 2.24) is 15.1 Å². The fourth-order valence-electron chi connectivity index (χ4n) is 3.25. The van der Waals surface area contributed by atoms with Crippen LogP contribution in [-0.2, 0) is 21.3 Å². The number of anilines is 1. The number of ether oxygens (including phenoxy) is 3. The predicted octanol–water partition coefficient (Wildman–Crippen LogP) is 1.68. The summed E-state index contributed by atoms with van der Waals surface area (Å²) in [6.07, 6.45) is 0. The van der Waals surface area contributed by atoms with E-state index in [1.54, 1.807) is 23.9 Å². The molecule has 0 saturated heterocycles. The second-order valence-corrected chi connectivity index (χ2v) is 7.17. The number of hydrogen-bond acceptors (Lipinski definition) is 7. The van der Waals surface area contributed by atoms with Crippen molar-refractivity contribution in [3.05, 3.63) is 53.7 Å². The molecular formula is C23H26N4O7. The summed E-state index contributed by atoms with van der Waals surface area (Å²) in [4.78, 5) is 35.9. The Labute approximate surface area is 195 Å². The van der Waals surface area contributed by atoms with Crippen LogP contribution in [0.2, 0.25) is 0 Å². The van der Waals surface area contributed by atoms with Gasteiger partial charge in [0, 0.05) is 24.7 Å². The van der Waals surface area contributed by atoms with Gasteiger partial charge in [-0.25, -0.2) is 4.79 Å². The minimum Gasteiger partial charge on any atom is -0.496 e. The van der Waals surface area contributed by atoms with Crippen LogP contribution in [-0.4, -0.2) is 72.8 Å². The highest BCUT2D eigenvalue weighted by atomic mass is 16.5. The minimum atomic E-state index is -1.05. The lowest BCUT2D eigenvalue weighted by atomic mass is 10.1. The number of hydrogen-bond donors (Lipinski definition) is 3. The van der Waals surface area contributed by atoms with Crippen LogP contribution < -0.4 is 15.4 Å². The van der Waals surface area contributed by atoms with Gasteiger partial charge in [-0.15, -0.1) is 0 Å². The maximum Gasteiger partial charge on any atom is 0.329 e. The summed E-state index contributed by atoms with van der Waals surface area (Å²) >= 11 is 0. The second kappa shape index (κ2) is 11.8. The van der Waals surface area contributed by atoms with E-state index in [0.29, 0.717) is 11.4 Å². The third-order valence-corrected chi connectivity index (χ3v) is 4.80. The third-order valence-electron chi connectivity index (χ3n) is 4.80. The molecular weight excluding hydrogens is 444 g/mol. The molecule has 0 fully saturated rings. The van der Waals surface area contributed by atoms with E-state index >= 15 is 0 Å². The van der Waals surface area contributed by atoms with E-state index in [0.717, 1.165) is 10.9 Å².